The average Bonchev–Trinajstić information content (AvgIpc) is 2.83. The van der Waals surface area contributed by atoms with Crippen molar-refractivity contribution in [2.75, 3.05) is 6.54 Å². The largest absolute Gasteiger partial charge is 0.392 e. The van der Waals surface area contributed by atoms with Crippen LogP contribution in [0.25, 0.3) is 0 Å². The van der Waals surface area contributed by atoms with Gasteiger partial charge in [-0.1, -0.05) is 13.8 Å². The Labute approximate surface area is 119 Å². The van der Waals surface area contributed by atoms with Gasteiger partial charge in [0.2, 0.25) is 0 Å². The summed E-state index contributed by atoms with van der Waals surface area (Å²) in [6, 6.07) is 1.61. The van der Waals surface area contributed by atoms with E-state index in [1.54, 1.807) is 15.8 Å². The molecule has 4 nitrogen and oxygen atoms in total. The van der Waals surface area contributed by atoms with E-state index in [0.717, 1.165) is 6.42 Å². The Kier molecular flexibility index (Phi) is 4.35. The highest BCUT2D eigenvalue weighted by atomic mass is 32.2. The molecule has 2 heterocycles. The molecule has 0 amide bonds. The maximum atomic E-state index is 12.7. The lowest BCUT2D eigenvalue weighted by Gasteiger charge is -2.39. The molecule has 2 rings (SSSR count). The third kappa shape index (κ3) is 2.86. The molecule has 0 aromatic carbocycles. The zero-order chi connectivity index (χ0) is 14.2. The van der Waals surface area contributed by atoms with Crippen LogP contribution in [0.5, 0.6) is 0 Å². The van der Waals surface area contributed by atoms with Crippen LogP contribution in [-0.4, -0.2) is 30.4 Å². The van der Waals surface area contributed by atoms with Gasteiger partial charge < -0.3 is 5.11 Å². The molecular weight excluding hydrogens is 282 g/mol. The van der Waals surface area contributed by atoms with Crippen molar-refractivity contribution in [3.63, 3.8) is 0 Å². The second-order valence-electron chi connectivity index (χ2n) is 5.57. The first-order chi connectivity index (χ1) is 8.86. The molecular formula is C13H21NO3S2. The van der Waals surface area contributed by atoms with Crippen LogP contribution in [0.1, 0.15) is 32.8 Å². The maximum absolute atomic E-state index is 12.7. The molecule has 1 aliphatic rings. The van der Waals surface area contributed by atoms with Crippen molar-refractivity contribution in [2.24, 2.45) is 11.8 Å². The SMILES string of the molecule is CC1CC(C)C(C)N(S(=O)(=O)c2cc(CO)cs2)C1. The average molecular weight is 303 g/mol. The summed E-state index contributed by atoms with van der Waals surface area (Å²) in [5.41, 5.74) is 0.661. The fourth-order valence-electron chi connectivity index (χ4n) is 2.67. The number of sulfonamides is 1. The van der Waals surface area contributed by atoms with E-state index in [2.05, 4.69) is 13.8 Å². The predicted octanol–water partition coefficient (Wildman–Crippen LogP) is 2.30. The fourth-order valence-corrected chi connectivity index (χ4v) is 5.84. The Morgan fingerprint density at radius 3 is 2.68 bits per heavy atom. The first-order valence-corrected chi connectivity index (χ1v) is 8.88. The summed E-state index contributed by atoms with van der Waals surface area (Å²) in [7, 11) is -3.43. The first-order valence-electron chi connectivity index (χ1n) is 6.56. The monoisotopic (exact) mass is 303 g/mol. The van der Waals surface area contributed by atoms with Crippen molar-refractivity contribution in [3.8, 4) is 0 Å². The van der Waals surface area contributed by atoms with Gasteiger partial charge >= 0.3 is 0 Å². The molecule has 6 heteroatoms. The van der Waals surface area contributed by atoms with Gasteiger partial charge in [-0.25, -0.2) is 8.42 Å². The van der Waals surface area contributed by atoms with Gasteiger partial charge in [-0.15, -0.1) is 11.3 Å². The van der Waals surface area contributed by atoms with E-state index in [1.807, 2.05) is 6.92 Å². The van der Waals surface area contributed by atoms with Crippen LogP contribution in [0.15, 0.2) is 15.7 Å². The van der Waals surface area contributed by atoms with E-state index in [0.29, 0.717) is 28.2 Å². The molecule has 1 aromatic rings. The van der Waals surface area contributed by atoms with Crippen molar-refractivity contribution >= 4 is 21.4 Å². The van der Waals surface area contributed by atoms with Crippen LogP contribution < -0.4 is 0 Å². The molecule has 0 aliphatic carbocycles. The summed E-state index contributed by atoms with van der Waals surface area (Å²) in [5.74, 6) is 0.758. The van der Waals surface area contributed by atoms with E-state index in [1.165, 1.54) is 11.3 Å². The Bertz CT molecular complexity index is 538. The Morgan fingerprint density at radius 1 is 1.42 bits per heavy atom. The molecule has 0 bridgehead atoms. The summed E-state index contributed by atoms with van der Waals surface area (Å²) in [6.07, 6.45) is 1.07. The van der Waals surface area contributed by atoms with Gasteiger partial charge in [0.05, 0.1) is 6.61 Å². The van der Waals surface area contributed by atoms with Crippen LogP contribution in [0.2, 0.25) is 0 Å². The van der Waals surface area contributed by atoms with E-state index in [9.17, 15) is 8.42 Å². The van der Waals surface area contributed by atoms with Crippen molar-refractivity contribution in [1.29, 1.82) is 0 Å². The van der Waals surface area contributed by atoms with Gasteiger partial charge in [-0.3, -0.25) is 0 Å². The van der Waals surface area contributed by atoms with Crippen LogP contribution in [0.3, 0.4) is 0 Å². The van der Waals surface area contributed by atoms with Crippen molar-refractivity contribution in [3.05, 3.63) is 17.0 Å². The minimum Gasteiger partial charge on any atom is -0.392 e. The molecule has 0 saturated carbocycles. The second-order valence-corrected chi connectivity index (χ2v) is 8.59. The number of hydrogen-bond donors (Lipinski definition) is 1. The van der Waals surface area contributed by atoms with Crippen LogP contribution in [0.4, 0.5) is 0 Å². The number of piperidine rings is 1. The van der Waals surface area contributed by atoms with Crippen LogP contribution >= 0.6 is 11.3 Å². The summed E-state index contributed by atoms with van der Waals surface area (Å²) in [6.45, 7) is 6.65. The smallest absolute Gasteiger partial charge is 0.252 e. The van der Waals surface area contributed by atoms with Gasteiger partial charge in [0.15, 0.2) is 0 Å². The Hall–Kier alpha value is -0.430. The van der Waals surface area contributed by atoms with Gasteiger partial charge in [-0.2, -0.15) is 4.31 Å². The first kappa shape index (κ1) is 15.0. The summed E-state index contributed by atoms with van der Waals surface area (Å²) >= 11 is 1.19. The predicted molar refractivity (Wildman–Crippen MR) is 76.5 cm³/mol. The van der Waals surface area contributed by atoms with Gasteiger partial charge in [0.1, 0.15) is 4.21 Å². The number of aliphatic hydroxyl groups excluding tert-OH is 1. The van der Waals surface area contributed by atoms with Crippen molar-refractivity contribution < 1.29 is 13.5 Å². The van der Waals surface area contributed by atoms with Gasteiger partial charge in [0, 0.05) is 12.6 Å². The normalized spacial score (nSPS) is 29.6. The summed E-state index contributed by atoms with van der Waals surface area (Å²) < 4.78 is 27.3. The molecule has 0 spiro atoms. The quantitative estimate of drug-likeness (QED) is 0.932. The number of rotatable bonds is 3. The zero-order valence-electron chi connectivity index (χ0n) is 11.5. The molecule has 1 fully saturated rings. The van der Waals surface area contributed by atoms with Crippen molar-refractivity contribution in [2.45, 2.75) is 44.0 Å². The highest BCUT2D eigenvalue weighted by Crippen LogP contribution is 2.33. The Balaban J connectivity index is 2.32. The standard InChI is InChI=1S/C13H21NO3S2/c1-9-4-10(2)11(3)14(6-9)19(16,17)13-5-12(7-15)8-18-13/h5,8-11,15H,4,6-7H2,1-3H3. The summed E-state index contributed by atoms with van der Waals surface area (Å²) in [5, 5.41) is 10.8. The second kappa shape index (κ2) is 5.52. The topological polar surface area (TPSA) is 57.6 Å². The number of aliphatic hydroxyl groups is 1. The number of hydrogen-bond acceptors (Lipinski definition) is 4. The molecule has 1 saturated heterocycles. The van der Waals surface area contributed by atoms with E-state index < -0.39 is 10.0 Å². The molecule has 0 radical (unpaired) electrons. The van der Waals surface area contributed by atoms with E-state index in [4.69, 9.17) is 5.11 Å². The zero-order valence-corrected chi connectivity index (χ0v) is 13.2. The van der Waals surface area contributed by atoms with Crippen LogP contribution in [0, 0.1) is 11.8 Å². The highest BCUT2D eigenvalue weighted by molar-refractivity contribution is 7.91. The number of thiophene rings is 1. The third-order valence-corrected chi connectivity index (χ3v) is 7.34. The minimum absolute atomic E-state index is 0.0286. The van der Waals surface area contributed by atoms with Crippen LogP contribution in [-0.2, 0) is 16.6 Å². The van der Waals surface area contributed by atoms with Crippen molar-refractivity contribution in [1.82, 2.24) is 4.31 Å². The van der Waals surface area contributed by atoms with Gasteiger partial charge in [0.25, 0.3) is 10.0 Å². The van der Waals surface area contributed by atoms with Gasteiger partial charge in [-0.05, 0) is 42.2 Å². The number of nitrogens with zero attached hydrogens (tertiary/aromatic N) is 1. The lowest BCUT2D eigenvalue weighted by Crippen LogP contribution is -2.48. The lowest BCUT2D eigenvalue weighted by atomic mass is 9.88. The lowest BCUT2D eigenvalue weighted by molar-refractivity contribution is 0.157. The molecule has 1 aliphatic heterocycles. The van der Waals surface area contributed by atoms with E-state index in [-0.39, 0.29) is 12.6 Å². The molecule has 108 valence electrons. The molecule has 3 unspecified atom stereocenters. The Morgan fingerprint density at radius 2 is 2.11 bits per heavy atom. The summed E-state index contributed by atoms with van der Waals surface area (Å²) in [4.78, 5) is 0. The third-order valence-electron chi connectivity index (χ3n) is 3.92. The minimum atomic E-state index is -3.43. The molecule has 1 aromatic heterocycles. The fraction of sp³-hybridized carbons (Fsp3) is 0.692. The maximum Gasteiger partial charge on any atom is 0.252 e. The molecule has 1 N–H and O–H groups in total. The molecule has 3 atom stereocenters. The highest BCUT2D eigenvalue weighted by Gasteiger charge is 2.37. The van der Waals surface area contributed by atoms with E-state index >= 15 is 0 Å². The molecule has 19 heavy (non-hydrogen) atoms.